The Hall–Kier alpha value is -7.64. The molecule has 63 heavy (non-hydrogen) atoms. The van der Waals surface area contributed by atoms with Crippen LogP contribution in [0.1, 0.15) is 22.8 Å². The lowest BCUT2D eigenvalue weighted by atomic mass is 10.0. The lowest BCUT2D eigenvalue weighted by Gasteiger charge is -2.11. The molecule has 6 heterocycles. The fourth-order valence-electron chi connectivity index (χ4n) is 7.29. The molecule has 0 spiro atoms. The van der Waals surface area contributed by atoms with Crippen molar-refractivity contribution in [2.75, 3.05) is 0 Å². The smallest absolute Gasteiger partial charge is 0.200 e. The monoisotopic (exact) mass is 885 g/mol. The van der Waals surface area contributed by atoms with Gasteiger partial charge >= 0.3 is 0 Å². The average Bonchev–Trinajstić information content (AvgIpc) is 4.14. The molecule has 0 radical (unpaired) electrons. The van der Waals surface area contributed by atoms with E-state index >= 15 is 26.3 Å². The van der Waals surface area contributed by atoms with Crippen LogP contribution in [-0.4, -0.2) is 24.9 Å². The Kier molecular flexibility index (Phi) is 9.56. The number of aromatic nitrogens is 5. The molecule has 316 valence electrons. The highest BCUT2D eigenvalue weighted by Crippen LogP contribution is 2.43. The normalized spacial score (nSPS) is 12.2. The maximum absolute atomic E-state index is 15.8. The second kappa shape index (κ2) is 14.8. The summed E-state index contributed by atoms with van der Waals surface area (Å²) < 4.78 is 227. The Morgan fingerprint density at radius 2 is 0.508 bits per heavy atom. The van der Waals surface area contributed by atoms with Gasteiger partial charge in [-0.15, -0.1) is 0 Å². The number of halogens is 15. The number of rotatable bonds is 4. The van der Waals surface area contributed by atoms with Crippen LogP contribution in [0.25, 0.3) is 90.9 Å². The van der Waals surface area contributed by atoms with Gasteiger partial charge in [-0.05, 0) is 66.3 Å². The summed E-state index contributed by atoms with van der Waals surface area (Å²) in [6.45, 7) is 0. The van der Waals surface area contributed by atoms with E-state index in [1.807, 2.05) is 0 Å². The van der Waals surface area contributed by atoms with E-state index in [1.165, 1.54) is 36.7 Å². The van der Waals surface area contributed by atoms with E-state index in [1.54, 1.807) is 0 Å². The first-order valence-electron chi connectivity index (χ1n) is 17.6. The minimum absolute atomic E-state index is 0.0424. The van der Waals surface area contributed by atoms with Crippen molar-refractivity contribution in [1.29, 1.82) is 0 Å². The first kappa shape index (κ1) is 40.7. The molecule has 0 fully saturated rings. The van der Waals surface area contributed by atoms with Gasteiger partial charge < -0.3 is 9.97 Å². The molecule has 2 aliphatic rings. The lowest BCUT2D eigenvalue weighted by Crippen LogP contribution is -2.06. The van der Waals surface area contributed by atoms with Crippen LogP contribution in [0.15, 0.2) is 48.8 Å². The van der Waals surface area contributed by atoms with Crippen molar-refractivity contribution in [3.8, 4) is 44.5 Å². The van der Waals surface area contributed by atoms with Gasteiger partial charge in [-0.2, -0.15) is 0 Å². The van der Waals surface area contributed by atoms with Crippen LogP contribution in [0, 0.1) is 87.3 Å². The third-order valence-corrected chi connectivity index (χ3v) is 10.1. The Morgan fingerprint density at radius 3 is 0.794 bits per heavy atom. The molecular weight excluding hydrogens is 871 g/mol. The Balaban J connectivity index is 1.56. The number of nitrogens with zero attached hydrogens (tertiary/aromatic N) is 3. The third kappa shape index (κ3) is 6.10. The average molecular weight is 886 g/mol. The maximum Gasteiger partial charge on any atom is 0.200 e. The van der Waals surface area contributed by atoms with E-state index < -0.39 is 154 Å². The summed E-state index contributed by atoms with van der Waals surface area (Å²) in [5.74, 6) is -36.7. The van der Waals surface area contributed by atoms with E-state index in [0.29, 0.717) is 0 Å². The van der Waals surface area contributed by atoms with E-state index in [-0.39, 0.29) is 22.3 Å². The van der Waals surface area contributed by atoms with Crippen molar-refractivity contribution in [3.05, 3.63) is 159 Å². The first-order valence-corrected chi connectivity index (χ1v) is 17.6. The molecule has 0 atom stereocenters. The number of pyridine rings is 1. The number of H-pyrrole nitrogens is 2. The SMILES string of the molecule is Fc1c(F)c(F)c(-c2c3nc(c(-c4c(F)c(F)c(F)c(F)c4F)c4ccc([nH]4)c(-c4c(F)c(F)c(F)c(F)c4F)c4nc(c(-c5ccncc5)c5ccc2[nH]5)C=C4)C=C3)c(F)c1F. The molecule has 9 rings (SSSR count). The Labute approximate surface area is 340 Å². The quantitative estimate of drug-likeness (QED) is 0.105. The molecule has 8 bridgehead atoms. The summed E-state index contributed by atoms with van der Waals surface area (Å²) in [5, 5.41) is 0. The largest absolute Gasteiger partial charge is 0.354 e. The van der Waals surface area contributed by atoms with E-state index in [4.69, 9.17) is 0 Å². The van der Waals surface area contributed by atoms with Gasteiger partial charge in [0.05, 0.1) is 39.5 Å². The predicted molar refractivity (Wildman–Crippen MR) is 198 cm³/mol. The molecule has 3 aromatic carbocycles. The van der Waals surface area contributed by atoms with Crippen LogP contribution < -0.4 is 0 Å². The Bertz CT molecular complexity index is 3260. The molecule has 20 heteroatoms. The van der Waals surface area contributed by atoms with Crippen molar-refractivity contribution in [2.45, 2.75) is 0 Å². The van der Waals surface area contributed by atoms with Gasteiger partial charge in [-0.25, -0.2) is 75.8 Å². The zero-order valence-electron chi connectivity index (χ0n) is 30.4. The molecule has 5 nitrogen and oxygen atoms in total. The van der Waals surface area contributed by atoms with Crippen molar-refractivity contribution in [3.63, 3.8) is 0 Å². The van der Waals surface area contributed by atoms with Crippen LogP contribution >= 0.6 is 0 Å². The van der Waals surface area contributed by atoms with Gasteiger partial charge in [-0.1, -0.05) is 0 Å². The van der Waals surface area contributed by atoms with Gasteiger partial charge in [0.1, 0.15) is 0 Å². The zero-order valence-corrected chi connectivity index (χ0v) is 30.4. The van der Waals surface area contributed by atoms with Gasteiger partial charge in [0, 0.05) is 56.7 Å². The molecule has 0 saturated carbocycles. The highest BCUT2D eigenvalue weighted by molar-refractivity contribution is 6.00. The number of nitrogens with one attached hydrogen (secondary N) is 2. The lowest BCUT2D eigenvalue weighted by molar-refractivity contribution is 0.381. The molecule has 2 N–H and O–H groups in total. The summed E-state index contributed by atoms with van der Waals surface area (Å²) in [5.41, 5.74) is -11.6. The minimum Gasteiger partial charge on any atom is -0.354 e. The fourth-order valence-corrected chi connectivity index (χ4v) is 7.29. The second-order valence-corrected chi connectivity index (χ2v) is 13.6. The minimum atomic E-state index is -2.61. The molecule has 0 amide bonds. The maximum atomic E-state index is 15.8. The molecule has 2 aliphatic heterocycles. The first-order chi connectivity index (χ1) is 30.0. The third-order valence-electron chi connectivity index (χ3n) is 10.1. The van der Waals surface area contributed by atoms with Crippen LogP contribution in [0.3, 0.4) is 0 Å². The summed E-state index contributed by atoms with van der Waals surface area (Å²) in [4.78, 5) is 17.7. The summed E-state index contributed by atoms with van der Waals surface area (Å²) in [7, 11) is 0. The van der Waals surface area contributed by atoms with Crippen LogP contribution in [0.5, 0.6) is 0 Å². The number of hydrogen-bond acceptors (Lipinski definition) is 3. The van der Waals surface area contributed by atoms with Crippen molar-refractivity contribution in [2.24, 2.45) is 0 Å². The van der Waals surface area contributed by atoms with Gasteiger partial charge in [0.15, 0.2) is 69.8 Å². The van der Waals surface area contributed by atoms with E-state index in [0.717, 1.165) is 36.4 Å². The molecule has 0 saturated heterocycles. The standard InChI is InChI=1S/C43H14F15N5/c44-29-26(30(45)36(51)41(56)35(29)50)23-16-3-1-14(60-16)22(13-9-11-59-12-10-13)15-2-4-17(61-15)24(27-31(46)37(52)42(57)38(53)32(27)47)19-6-8-21(63-19)25(20-7-5-18(23)62-20)28-33(48)39(54)43(58)40(55)34(28)49/h1-12,60,63H. The molecule has 4 aromatic heterocycles. The van der Waals surface area contributed by atoms with Gasteiger partial charge in [-0.3, -0.25) is 4.98 Å². The number of hydrogen-bond donors (Lipinski definition) is 2. The van der Waals surface area contributed by atoms with Crippen molar-refractivity contribution >= 4 is 46.4 Å². The van der Waals surface area contributed by atoms with E-state index in [9.17, 15) is 39.5 Å². The van der Waals surface area contributed by atoms with Crippen molar-refractivity contribution in [1.82, 2.24) is 24.9 Å². The molecule has 0 unspecified atom stereocenters. The topological polar surface area (TPSA) is 70.2 Å². The van der Waals surface area contributed by atoms with Crippen LogP contribution in [0.2, 0.25) is 0 Å². The van der Waals surface area contributed by atoms with Crippen LogP contribution in [-0.2, 0) is 0 Å². The number of fused-ring (bicyclic) bond motifs is 8. The van der Waals surface area contributed by atoms with Crippen molar-refractivity contribution < 1.29 is 65.9 Å². The number of benzene rings is 3. The summed E-state index contributed by atoms with van der Waals surface area (Å²) in [6.07, 6.45) is 6.50. The highest BCUT2D eigenvalue weighted by Gasteiger charge is 2.33. The number of aromatic amines is 2. The van der Waals surface area contributed by atoms with Gasteiger partial charge in [0.25, 0.3) is 0 Å². The summed E-state index contributed by atoms with van der Waals surface area (Å²) in [6, 6.07) is 6.84. The summed E-state index contributed by atoms with van der Waals surface area (Å²) >= 11 is 0. The molecular formula is C43H14F15N5. The zero-order chi connectivity index (χ0) is 44.9. The second-order valence-electron chi connectivity index (χ2n) is 13.6. The van der Waals surface area contributed by atoms with E-state index in [2.05, 4.69) is 24.9 Å². The van der Waals surface area contributed by atoms with Crippen LogP contribution in [0.4, 0.5) is 65.9 Å². The Morgan fingerprint density at radius 1 is 0.270 bits per heavy atom. The van der Waals surface area contributed by atoms with Gasteiger partial charge in [0.2, 0.25) is 17.5 Å². The highest BCUT2D eigenvalue weighted by atomic mass is 19.2. The molecule has 0 aliphatic carbocycles. The molecule has 7 aromatic rings. The predicted octanol–water partition coefficient (Wildman–Crippen LogP) is 12.8. The fraction of sp³-hybridized carbons (Fsp3) is 0.